The molecule has 0 bridgehead atoms. The molecule has 1 atom stereocenters. The van der Waals surface area contributed by atoms with E-state index in [9.17, 15) is 4.79 Å². The Labute approximate surface area is 119 Å². The molecule has 2 rings (SSSR count). The Balaban J connectivity index is 2.38. The maximum atomic E-state index is 11.1. The molecule has 1 N–H and O–H groups in total. The number of aromatic nitrogens is 2. The first kappa shape index (κ1) is 13.7. The van der Waals surface area contributed by atoms with Gasteiger partial charge in [0.2, 0.25) is 0 Å². The molecule has 0 aliphatic heterocycles. The van der Waals surface area contributed by atoms with Crippen LogP contribution < -0.4 is 0 Å². The molecule has 19 heavy (non-hydrogen) atoms. The zero-order chi connectivity index (χ0) is 13.8. The Hall–Kier alpha value is -1.75. The van der Waals surface area contributed by atoms with Crippen molar-refractivity contribution in [2.45, 2.75) is 19.3 Å². The van der Waals surface area contributed by atoms with E-state index in [1.54, 1.807) is 12.3 Å². The summed E-state index contributed by atoms with van der Waals surface area (Å²) in [6, 6.07) is 9.48. The van der Waals surface area contributed by atoms with Crippen molar-refractivity contribution < 1.29 is 9.90 Å². The summed E-state index contributed by atoms with van der Waals surface area (Å²) in [5, 5.41) is 9.14. The van der Waals surface area contributed by atoms with Crippen molar-refractivity contribution in [3.05, 3.63) is 46.8 Å². The first-order valence-corrected chi connectivity index (χ1v) is 6.72. The monoisotopic (exact) mass is 320 g/mol. The molecule has 1 aromatic carbocycles. The van der Waals surface area contributed by atoms with Gasteiger partial charge in [0.05, 0.1) is 5.69 Å². The predicted octanol–water partition coefficient (Wildman–Crippen LogP) is 3.48. The van der Waals surface area contributed by atoms with Gasteiger partial charge in [-0.25, -0.2) is 9.97 Å². The van der Waals surface area contributed by atoms with Crippen LogP contribution in [-0.2, 0) is 4.79 Å². The normalized spacial score (nSPS) is 12.1. The van der Waals surface area contributed by atoms with Gasteiger partial charge in [-0.05, 0) is 24.6 Å². The van der Waals surface area contributed by atoms with Crippen LogP contribution in [0.1, 0.15) is 25.1 Å². The fourth-order valence-corrected chi connectivity index (χ4v) is 2.06. The quantitative estimate of drug-likeness (QED) is 0.936. The summed E-state index contributed by atoms with van der Waals surface area (Å²) in [4.78, 5) is 19.6. The van der Waals surface area contributed by atoms with Crippen molar-refractivity contribution in [1.82, 2.24) is 9.97 Å². The fourth-order valence-electron chi connectivity index (χ4n) is 1.79. The van der Waals surface area contributed by atoms with E-state index >= 15 is 0 Å². The van der Waals surface area contributed by atoms with Crippen LogP contribution in [0.5, 0.6) is 0 Å². The number of hydrogen-bond acceptors (Lipinski definition) is 3. The van der Waals surface area contributed by atoms with Crippen LogP contribution >= 0.6 is 15.9 Å². The Morgan fingerprint density at radius 1 is 1.32 bits per heavy atom. The van der Waals surface area contributed by atoms with Gasteiger partial charge in [0.15, 0.2) is 0 Å². The van der Waals surface area contributed by atoms with E-state index in [0.29, 0.717) is 12.2 Å². The Morgan fingerprint density at radius 2 is 2.00 bits per heavy atom. The van der Waals surface area contributed by atoms with E-state index in [-0.39, 0.29) is 0 Å². The third-order valence-electron chi connectivity index (χ3n) is 2.83. The molecule has 0 saturated heterocycles. The molecule has 2 aromatic rings. The predicted molar refractivity (Wildman–Crippen MR) is 75.8 cm³/mol. The van der Waals surface area contributed by atoms with Gasteiger partial charge in [0.1, 0.15) is 11.7 Å². The molecule has 0 spiro atoms. The van der Waals surface area contributed by atoms with E-state index in [1.165, 1.54) is 0 Å². The molecule has 1 heterocycles. The number of hydrogen-bond donors (Lipinski definition) is 1. The Bertz CT molecular complexity index is 584. The third kappa shape index (κ3) is 3.17. The summed E-state index contributed by atoms with van der Waals surface area (Å²) in [6.07, 6.45) is 2.07. The van der Waals surface area contributed by atoms with Crippen LogP contribution in [0.3, 0.4) is 0 Å². The maximum absolute atomic E-state index is 11.1. The Morgan fingerprint density at radius 3 is 2.58 bits per heavy atom. The molecule has 0 saturated carbocycles. The van der Waals surface area contributed by atoms with Gasteiger partial charge in [0.25, 0.3) is 0 Å². The molecule has 1 unspecified atom stereocenters. The second kappa shape index (κ2) is 5.93. The molecule has 0 fully saturated rings. The average molecular weight is 321 g/mol. The van der Waals surface area contributed by atoms with Gasteiger partial charge < -0.3 is 5.11 Å². The number of aliphatic carboxylic acids is 1. The van der Waals surface area contributed by atoms with Crippen LogP contribution in [-0.4, -0.2) is 21.0 Å². The number of carboxylic acid groups (broad SMARTS) is 1. The lowest BCUT2D eigenvalue weighted by molar-refractivity contribution is -0.139. The van der Waals surface area contributed by atoms with Crippen LogP contribution in [0.4, 0.5) is 0 Å². The highest BCUT2D eigenvalue weighted by Gasteiger charge is 2.20. The van der Waals surface area contributed by atoms with E-state index in [1.807, 2.05) is 31.2 Å². The van der Waals surface area contributed by atoms with Crippen molar-refractivity contribution >= 4 is 21.9 Å². The highest BCUT2D eigenvalue weighted by atomic mass is 79.9. The number of carboxylic acids is 1. The van der Waals surface area contributed by atoms with Gasteiger partial charge in [-0.1, -0.05) is 35.0 Å². The second-order valence-corrected chi connectivity index (χ2v) is 5.02. The maximum Gasteiger partial charge on any atom is 0.314 e. The topological polar surface area (TPSA) is 63.1 Å². The molecule has 0 aliphatic rings. The molecular weight excluding hydrogens is 308 g/mol. The Kier molecular flexibility index (Phi) is 4.27. The van der Waals surface area contributed by atoms with Gasteiger partial charge in [-0.15, -0.1) is 0 Å². The summed E-state index contributed by atoms with van der Waals surface area (Å²) in [6.45, 7) is 1.81. The summed E-state index contributed by atoms with van der Waals surface area (Å²) >= 11 is 3.38. The highest BCUT2D eigenvalue weighted by Crippen LogP contribution is 2.22. The lowest BCUT2D eigenvalue weighted by Gasteiger charge is -2.09. The first-order chi connectivity index (χ1) is 9.11. The standard InChI is InChI=1S/C14H13BrN2O2/c1-2-11(14(18)19)13-16-8-7-12(17-13)9-3-5-10(15)6-4-9/h3-8,11H,2H2,1H3,(H,18,19). The molecule has 98 valence electrons. The van der Waals surface area contributed by atoms with Gasteiger partial charge in [0, 0.05) is 16.2 Å². The summed E-state index contributed by atoms with van der Waals surface area (Å²) < 4.78 is 0.988. The molecule has 0 aliphatic carbocycles. The van der Waals surface area contributed by atoms with Crippen molar-refractivity contribution in [3.63, 3.8) is 0 Å². The fraction of sp³-hybridized carbons (Fsp3) is 0.214. The van der Waals surface area contributed by atoms with E-state index in [4.69, 9.17) is 5.11 Å². The van der Waals surface area contributed by atoms with Crippen LogP contribution in [0, 0.1) is 0 Å². The number of carbonyl (C=O) groups is 1. The number of halogens is 1. The average Bonchev–Trinajstić information content (AvgIpc) is 2.40. The zero-order valence-electron chi connectivity index (χ0n) is 10.4. The summed E-state index contributed by atoms with van der Waals surface area (Å²) in [5.74, 6) is -1.19. The van der Waals surface area contributed by atoms with Crippen LogP contribution in [0.2, 0.25) is 0 Å². The van der Waals surface area contributed by atoms with E-state index in [0.717, 1.165) is 15.7 Å². The van der Waals surface area contributed by atoms with Crippen molar-refractivity contribution in [2.24, 2.45) is 0 Å². The number of rotatable bonds is 4. The lowest BCUT2D eigenvalue weighted by Crippen LogP contribution is -2.14. The molecule has 1 aromatic heterocycles. The zero-order valence-corrected chi connectivity index (χ0v) is 12.0. The minimum Gasteiger partial charge on any atom is -0.481 e. The van der Waals surface area contributed by atoms with Gasteiger partial charge in [-0.3, -0.25) is 4.79 Å². The smallest absolute Gasteiger partial charge is 0.314 e. The van der Waals surface area contributed by atoms with Crippen molar-refractivity contribution in [3.8, 4) is 11.3 Å². The molecular formula is C14H13BrN2O2. The van der Waals surface area contributed by atoms with Crippen LogP contribution in [0.25, 0.3) is 11.3 Å². The van der Waals surface area contributed by atoms with Crippen LogP contribution in [0.15, 0.2) is 41.0 Å². The van der Waals surface area contributed by atoms with E-state index in [2.05, 4.69) is 25.9 Å². The third-order valence-corrected chi connectivity index (χ3v) is 3.36. The summed E-state index contributed by atoms with van der Waals surface area (Å²) in [5.41, 5.74) is 1.67. The number of benzene rings is 1. The highest BCUT2D eigenvalue weighted by molar-refractivity contribution is 9.10. The second-order valence-electron chi connectivity index (χ2n) is 4.11. The lowest BCUT2D eigenvalue weighted by atomic mass is 10.1. The summed E-state index contributed by atoms with van der Waals surface area (Å²) in [7, 11) is 0. The molecule has 4 nitrogen and oxygen atoms in total. The van der Waals surface area contributed by atoms with E-state index < -0.39 is 11.9 Å². The van der Waals surface area contributed by atoms with Crippen molar-refractivity contribution in [1.29, 1.82) is 0 Å². The molecule has 0 amide bonds. The minimum absolute atomic E-state index is 0.357. The minimum atomic E-state index is -0.893. The number of nitrogens with zero attached hydrogens (tertiary/aromatic N) is 2. The van der Waals surface area contributed by atoms with Gasteiger partial charge >= 0.3 is 5.97 Å². The molecule has 0 radical (unpaired) electrons. The largest absolute Gasteiger partial charge is 0.481 e. The molecule has 5 heteroatoms. The van der Waals surface area contributed by atoms with Crippen molar-refractivity contribution in [2.75, 3.05) is 0 Å². The SMILES string of the molecule is CCC(C(=O)O)c1nccc(-c2ccc(Br)cc2)n1. The first-order valence-electron chi connectivity index (χ1n) is 5.93. The van der Waals surface area contributed by atoms with Gasteiger partial charge in [-0.2, -0.15) is 0 Å².